The van der Waals surface area contributed by atoms with Crippen molar-refractivity contribution in [3.05, 3.63) is 57.2 Å². The fraction of sp³-hybridized carbons (Fsp3) is 0.286. The largest absolute Gasteiger partial charge is 0.456 e. The summed E-state index contributed by atoms with van der Waals surface area (Å²) in [5.74, 6) is -2.07. The maximum atomic E-state index is 12.7. The van der Waals surface area contributed by atoms with Gasteiger partial charge in [0.1, 0.15) is 18.0 Å². The first-order valence-electron chi connectivity index (χ1n) is 9.35. The summed E-state index contributed by atoms with van der Waals surface area (Å²) in [6, 6.07) is 8.51. The molecular weight excluding hydrogens is 469 g/mol. The molecule has 0 aliphatic heterocycles. The van der Waals surface area contributed by atoms with Crippen molar-refractivity contribution >= 4 is 50.7 Å². The van der Waals surface area contributed by atoms with Crippen LogP contribution in [0.25, 0.3) is 10.1 Å². The number of aryl methyl sites for hydroxylation is 1. The predicted octanol–water partition coefficient (Wildman–Crippen LogP) is 4.69. The van der Waals surface area contributed by atoms with E-state index in [4.69, 9.17) is 16.3 Å². The zero-order valence-electron chi connectivity index (χ0n) is 17.0. The minimum atomic E-state index is -4.43. The quantitative estimate of drug-likeness (QED) is 0.388. The van der Waals surface area contributed by atoms with Crippen LogP contribution in [0.1, 0.15) is 31.4 Å². The summed E-state index contributed by atoms with van der Waals surface area (Å²) in [6.45, 7) is 0.474. The highest BCUT2D eigenvalue weighted by Gasteiger charge is 2.30. The number of Topliss-reactive ketones (excluding diaryl/α,β-unsaturated/α-hetero) is 1. The van der Waals surface area contributed by atoms with Gasteiger partial charge in [-0.1, -0.05) is 29.8 Å². The van der Waals surface area contributed by atoms with Crippen LogP contribution in [-0.2, 0) is 16.1 Å². The fourth-order valence-corrected chi connectivity index (χ4v) is 4.61. The number of carbonyl (C=O) groups is 3. The van der Waals surface area contributed by atoms with Gasteiger partial charge in [0.25, 0.3) is 5.91 Å². The van der Waals surface area contributed by atoms with E-state index in [2.05, 4.69) is 5.32 Å². The topological polar surface area (TPSA) is 77.4 Å². The van der Waals surface area contributed by atoms with Gasteiger partial charge in [0.2, 0.25) is 5.78 Å². The maximum absolute atomic E-state index is 12.7. The van der Waals surface area contributed by atoms with Crippen LogP contribution in [0, 0.1) is 13.8 Å². The molecule has 2 aromatic heterocycles. The van der Waals surface area contributed by atoms with Crippen molar-refractivity contribution in [3.8, 4) is 0 Å². The molecule has 11 heteroatoms. The van der Waals surface area contributed by atoms with E-state index in [1.165, 1.54) is 31.3 Å². The van der Waals surface area contributed by atoms with Gasteiger partial charge in [-0.2, -0.15) is 13.2 Å². The van der Waals surface area contributed by atoms with E-state index in [-0.39, 0.29) is 26.9 Å². The third kappa shape index (κ3) is 5.31. The van der Waals surface area contributed by atoms with Gasteiger partial charge in [-0.05, 0) is 26.0 Å². The Kier molecular flexibility index (Phi) is 6.94. The van der Waals surface area contributed by atoms with Crippen LogP contribution in [0.2, 0.25) is 5.02 Å². The summed E-state index contributed by atoms with van der Waals surface area (Å²) in [4.78, 5) is 36.9. The number of hydrogen-bond acceptors (Lipinski definition) is 5. The van der Waals surface area contributed by atoms with Crippen molar-refractivity contribution in [1.82, 2.24) is 9.88 Å². The Hall–Kier alpha value is -2.85. The summed E-state index contributed by atoms with van der Waals surface area (Å²) < 4.78 is 44.8. The molecule has 0 spiro atoms. The predicted molar refractivity (Wildman–Crippen MR) is 114 cm³/mol. The van der Waals surface area contributed by atoms with Crippen LogP contribution >= 0.6 is 22.9 Å². The molecule has 32 heavy (non-hydrogen) atoms. The molecule has 0 saturated carbocycles. The van der Waals surface area contributed by atoms with Gasteiger partial charge in [-0.25, -0.2) is 0 Å². The number of nitrogens with zero attached hydrogens (tertiary/aromatic N) is 1. The molecule has 1 N–H and O–H groups in total. The van der Waals surface area contributed by atoms with Crippen molar-refractivity contribution < 1.29 is 32.3 Å². The summed E-state index contributed by atoms with van der Waals surface area (Å²) in [5.41, 5.74) is 0.441. The number of nitrogens with one attached hydrogen (secondary N) is 1. The van der Waals surface area contributed by atoms with Gasteiger partial charge in [0, 0.05) is 27.0 Å². The molecule has 2 heterocycles. The number of amides is 1. The average Bonchev–Trinajstić information content (AvgIpc) is 3.21. The molecule has 6 nitrogen and oxygen atoms in total. The Morgan fingerprint density at radius 3 is 2.53 bits per heavy atom. The van der Waals surface area contributed by atoms with Crippen molar-refractivity contribution in [3.63, 3.8) is 0 Å². The molecule has 3 aromatic rings. The number of thiophene rings is 1. The van der Waals surface area contributed by atoms with Crippen LogP contribution in [0.3, 0.4) is 0 Å². The van der Waals surface area contributed by atoms with Crippen LogP contribution in [-0.4, -0.2) is 41.6 Å². The number of rotatable bonds is 7. The fourth-order valence-electron chi connectivity index (χ4n) is 3.17. The SMILES string of the molecule is Cc1cc(C(=O)COC(=O)CNC(=O)c2sc3ccccc3c2Cl)c(C)n1CC(F)(F)F. The van der Waals surface area contributed by atoms with Crippen LogP contribution < -0.4 is 5.32 Å². The highest BCUT2D eigenvalue weighted by atomic mass is 35.5. The number of benzene rings is 1. The molecule has 3 rings (SSSR count). The third-order valence-corrected chi connectivity index (χ3v) is 6.38. The van der Waals surface area contributed by atoms with E-state index < -0.39 is 43.5 Å². The second kappa shape index (κ2) is 9.33. The van der Waals surface area contributed by atoms with Crippen molar-refractivity contribution in [2.45, 2.75) is 26.6 Å². The summed E-state index contributed by atoms with van der Waals surface area (Å²) in [6.07, 6.45) is -4.43. The second-order valence-electron chi connectivity index (χ2n) is 6.99. The zero-order chi connectivity index (χ0) is 23.6. The van der Waals surface area contributed by atoms with Gasteiger partial charge in [-0.15, -0.1) is 11.3 Å². The first kappa shape index (κ1) is 23.8. The Balaban J connectivity index is 1.56. The molecule has 0 atom stereocenters. The van der Waals surface area contributed by atoms with Gasteiger partial charge in [0.15, 0.2) is 6.61 Å². The zero-order valence-corrected chi connectivity index (χ0v) is 18.6. The Bertz CT molecular complexity index is 1200. The molecule has 1 amide bonds. The highest BCUT2D eigenvalue weighted by Crippen LogP contribution is 2.34. The van der Waals surface area contributed by atoms with Crippen molar-refractivity contribution in [1.29, 1.82) is 0 Å². The smallest absolute Gasteiger partial charge is 0.406 e. The number of carbonyl (C=O) groups excluding carboxylic acids is 3. The first-order valence-corrected chi connectivity index (χ1v) is 10.5. The maximum Gasteiger partial charge on any atom is 0.406 e. The third-order valence-electron chi connectivity index (χ3n) is 4.71. The summed E-state index contributed by atoms with van der Waals surface area (Å²) in [7, 11) is 0. The number of ether oxygens (including phenoxy) is 1. The Morgan fingerprint density at radius 2 is 1.88 bits per heavy atom. The van der Waals surface area contributed by atoms with E-state index >= 15 is 0 Å². The minimum Gasteiger partial charge on any atom is -0.456 e. The number of esters is 1. The number of ketones is 1. The van der Waals surface area contributed by atoms with E-state index in [1.54, 1.807) is 12.1 Å². The van der Waals surface area contributed by atoms with E-state index in [1.807, 2.05) is 12.1 Å². The first-order chi connectivity index (χ1) is 15.0. The number of alkyl halides is 3. The standard InChI is InChI=1S/C21H18ClF3N2O4S/c1-11-7-14(12(2)27(11)10-21(23,24)25)15(28)9-31-17(29)8-26-20(30)19-18(22)13-5-3-4-6-16(13)32-19/h3-7H,8-10H2,1-2H3,(H,26,30). The van der Waals surface area contributed by atoms with Crippen LogP contribution in [0.4, 0.5) is 13.2 Å². The lowest BCUT2D eigenvalue weighted by Gasteiger charge is -2.12. The molecule has 0 fully saturated rings. The van der Waals surface area contributed by atoms with Crippen molar-refractivity contribution in [2.75, 3.05) is 13.2 Å². The summed E-state index contributed by atoms with van der Waals surface area (Å²) >= 11 is 7.40. The van der Waals surface area contributed by atoms with E-state index in [0.29, 0.717) is 0 Å². The van der Waals surface area contributed by atoms with E-state index in [9.17, 15) is 27.6 Å². The molecule has 0 aliphatic rings. The molecule has 0 bridgehead atoms. The number of aromatic nitrogens is 1. The molecule has 0 aliphatic carbocycles. The monoisotopic (exact) mass is 486 g/mol. The molecule has 1 aromatic carbocycles. The number of fused-ring (bicyclic) bond motifs is 1. The molecule has 0 saturated heterocycles. The molecular formula is C21H18ClF3N2O4S. The number of halogens is 4. The molecule has 170 valence electrons. The minimum absolute atomic E-state index is 0.0423. The lowest BCUT2D eigenvalue weighted by molar-refractivity contribution is -0.141. The molecule has 0 radical (unpaired) electrons. The lowest BCUT2D eigenvalue weighted by atomic mass is 10.1. The van der Waals surface area contributed by atoms with Gasteiger partial charge >= 0.3 is 12.1 Å². The average molecular weight is 487 g/mol. The summed E-state index contributed by atoms with van der Waals surface area (Å²) in [5, 5.41) is 3.39. The van der Waals surface area contributed by atoms with Gasteiger partial charge in [-0.3, -0.25) is 14.4 Å². The van der Waals surface area contributed by atoms with E-state index in [0.717, 1.165) is 14.7 Å². The van der Waals surface area contributed by atoms with Crippen LogP contribution in [0.15, 0.2) is 30.3 Å². The normalized spacial score (nSPS) is 11.6. The second-order valence-corrected chi connectivity index (χ2v) is 8.42. The molecule has 0 unspecified atom stereocenters. The van der Waals surface area contributed by atoms with Gasteiger partial charge < -0.3 is 14.6 Å². The lowest BCUT2D eigenvalue weighted by Crippen LogP contribution is -2.31. The van der Waals surface area contributed by atoms with Crippen LogP contribution in [0.5, 0.6) is 0 Å². The Labute approximate surface area is 189 Å². The highest BCUT2D eigenvalue weighted by molar-refractivity contribution is 7.21. The van der Waals surface area contributed by atoms with Crippen molar-refractivity contribution in [2.24, 2.45) is 0 Å². The number of hydrogen-bond donors (Lipinski definition) is 1. The van der Waals surface area contributed by atoms with Gasteiger partial charge in [0.05, 0.1) is 5.02 Å². The Morgan fingerprint density at radius 1 is 1.19 bits per heavy atom.